The molecule has 1 unspecified atom stereocenters. The van der Waals surface area contributed by atoms with Crippen LogP contribution in [-0.2, 0) is 0 Å². The monoisotopic (exact) mass is 344 g/mol. The molecule has 0 amide bonds. The van der Waals surface area contributed by atoms with Crippen molar-refractivity contribution in [2.45, 2.75) is 12.3 Å². The summed E-state index contributed by atoms with van der Waals surface area (Å²) in [5.74, 6) is 1.35. The van der Waals surface area contributed by atoms with Crippen LogP contribution in [0.25, 0.3) is 0 Å². The van der Waals surface area contributed by atoms with E-state index in [1.54, 1.807) is 20.5 Å². The van der Waals surface area contributed by atoms with Gasteiger partial charge >= 0.3 is 0 Å². The fourth-order valence-corrected chi connectivity index (χ4v) is 2.93. The topological polar surface area (TPSA) is 31.6 Å². The second kappa shape index (κ2) is 5.88. The smallest absolute Gasteiger partial charge is 0.173 e. The first-order chi connectivity index (χ1) is 9.08. The minimum atomic E-state index is -0.312. The van der Waals surface area contributed by atoms with Gasteiger partial charge in [0.2, 0.25) is 0 Å². The summed E-state index contributed by atoms with van der Waals surface area (Å²) in [5, 5.41) is -0.312. The lowest BCUT2D eigenvalue weighted by Crippen LogP contribution is -1.99. The van der Waals surface area contributed by atoms with Crippen molar-refractivity contribution in [1.82, 2.24) is 0 Å². The Bertz CT molecular complexity index is 580. The lowest BCUT2D eigenvalue weighted by molar-refractivity contribution is 0.354. The van der Waals surface area contributed by atoms with E-state index in [0.717, 1.165) is 16.7 Å². The van der Waals surface area contributed by atoms with Crippen LogP contribution >= 0.6 is 27.5 Å². The van der Waals surface area contributed by atoms with Crippen molar-refractivity contribution in [2.75, 3.05) is 14.2 Å². The van der Waals surface area contributed by atoms with E-state index in [9.17, 15) is 0 Å². The van der Waals surface area contributed by atoms with E-state index in [4.69, 9.17) is 25.5 Å². The van der Waals surface area contributed by atoms with Crippen LogP contribution in [0.3, 0.4) is 0 Å². The summed E-state index contributed by atoms with van der Waals surface area (Å²) >= 11 is 9.87. The molecule has 0 aliphatic rings. The molecule has 0 spiro atoms. The molecule has 2 rings (SSSR count). The van der Waals surface area contributed by atoms with Crippen LogP contribution in [-0.4, -0.2) is 14.2 Å². The maximum atomic E-state index is 6.52. The molecule has 1 aromatic carbocycles. The molecule has 102 valence electrons. The zero-order valence-electron chi connectivity index (χ0n) is 10.9. The van der Waals surface area contributed by atoms with Crippen LogP contribution in [0.2, 0.25) is 0 Å². The second-order valence-electron chi connectivity index (χ2n) is 4.08. The lowest BCUT2D eigenvalue weighted by Gasteiger charge is -2.16. The number of alkyl halides is 1. The maximum absolute atomic E-state index is 6.52. The van der Waals surface area contributed by atoms with Gasteiger partial charge in [-0.3, -0.25) is 0 Å². The molecule has 5 heteroatoms. The number of ether oxygens (including phenoxy) is 2. The largest absolute Gasteiger partial charge is 0.493 e. The third-order valence-corrected chi connectivity index (χ3v) is 4.08. The van der Waals surface area contributed by atoms with Gasteiger partial charge in [-0.1, -0.05) is 0 Å². The van der Waals surface area contributed by atoms with Gasteiger partial charge in [0.25, 0.3) is 0 Å². The van der Waals surface area contributed by atoms with Gasteiger partial charge in [0.1, 0.15) is 0 Å². The van der Waals surface area contributed by atoms with Gasteiger partial charge in [-0.15, -0.1) is 11.6 Å². The minimum Gasteiger partial charge on any atom is -0.493 e. The molecule has 1 atom stereocenters. The van der Waals surface area contributed by atoms with Gasteiger partial charge in [0.05, 0.1) is 25.9 Å². The van der Waals surface area contributed by atoms with E-state index < -0.39 is 0 Å². The van der Waals surface area contributed by atoms with Crippen LogP contribution in [0, 0.1) is 6.92 Å². The molecular weight excluding hydrogens is 332 g/mol. The van der Waals surface area contributed by atoms with E-state index in [1.165, 1.54) is 0 Å². The Kier molecular flexibility index (Phi) is 4.42. The molecule has 0 radical (unpaired) electrons. The van der Waals surface area contributed by atoms with Gasteiger partial charge in [-0.25, -0.2) is 0 Å². The van der Waals surface area contributed by atoms with Gasteiger partial charge in [-0.05, 0) is 52.2 Å². The van der Waals surface area contributed by atoms with Crippen LogP contribution < -0.4 is 9.47 Å². The molecular formula is C14H14BrClO3. The van der Waals surface area contributed by atoms with Crippen molar-refractivity contribution in [3.8, 4) is 11.5 Å². The van der Waals surface area contributed by atoms with Crippen LogP contribution in [0.5, 0.6) is 11.5 Å². The van der Waals surface area contributed by atoms with Gasteiger partial charge in [0, 0.05) is 5.56 Å². The predicted molar refractivity (Wildman–Crippen MR) is 78.4 cm³/mol. The lowest BCUT2D eigenvalue weighted by atomic mass is 10.0. The van der Waals surface area contributed by atoms with Crippen molar-refractivity contribution in [3.05, 3.63) is 45.8 Å². The fraction of sp³-hybridized carbons (Fsp3) is 0.286. The van der Waals surface area contributed by atoms with Crippen molar-refractivity contribution in [1.29, 1.82) is 0 Å². The van der Waals surface area contributed by atoms with E-state index in [0.29, 0.717) is 16.2 Å². The number of methoxy groups -OCH3 is 2. The first-order valence-corrected chi connectivity index (χ1v) is 6.91. The van der Waals surface area contributed by atoms with E-state index in [2.05, 4.69) is 15.9 Å². The molecule has 19 heavy (non-hydrogen) atoms. The summed E-state index contributed by atoms with van der Waals surface area (Å²) in [6, 6.07) is 5.65. The first kappa shape index (κ1) is 14.3. The zero-order chi connectivity index (χ0) is 14.0. The summed E-state index contributed by atoms with van der Waals surface area (Å²) in [6.45, 7) is 1.99. The SMILES string of the molecule is COc1cc(C)c(C(Cl)c2ccoc2Br)cc1OC. The number of rotatable bonds is 4. The van der Waals surface area contributed by atoms with Gasteiger partial charge < -0.3 is 13.9 Å². The number of aryl methyl sites for hydroxylation is 1. The summed E-state index contributed by atoms with van der Waals surface area (Å²) in [5.41, 5.74) is 2.88. The summed E-state index contributed by atoms with van der Waals surface area (Å²) in [6.07, 6.45) is 1.60. The predicted octanol–water partition coefficient (Wildman–Crippen LogP) is 4.70. The molecule has 0 saturated heterocycles. The molecule has 1 heterocycles. The quantitative estimate of drug-likeness (QED) is 0.753. The summed E-state index contributed by atoms with van der Waals surface area (Å²) in [7, 11) is 3.22. The molecule has 0 N–H and O–H groups in total. The highest BCUT2D eigenvalue weighted by molar-refractivity contribution is 9.10. The van der Waals surface area contributed by atoms with E-state index >= 15 is 0 Å². The average molecular weight is 346 g/mol. The molecule has 3 nitrogen and oxygen atoms in total. The maximum Gasteiger partial charge on any atom is 0.173 e. The van der Waals surface area contributed by atoms with E-state index in [1.807, 2.05) is 25.1 Å². The fourth-order valence-electron chi connectivity index (χ4n) is 1.92. The molecule has 0 aliphatic carbocycles. The number of furan rings is 1. The van der Waals surface area contributed by atoms with E-state index in [-0.39, 0.29) is 5.38 Å². The molecule has 2 aromatic rings. The number of halogens is 2. The van der Waals surface area contributed by atoms with Gasteiger partial charge in [-0.2, -0.15) is 0 Å². The second-order valence-corrected chi connectivity index (χ2v) is 5.23. The standard InChI is InChI=1S/C14H14BrClO3/c1-8-6-11(17-2)12(18-3)7-10(8)13(16)9-4-5-19-14(9)15/h4-7,13H,1-3H3. The average Bonchev–Trinajstić information content (AvgIpc) is 2.83. The Morgan fingerprint density at radius 1 is 1.16 bits per heavy atom. The number of hydrogen-bond acceptors (Lipinski definition) is 3. The molecule has 0 fully saturated rings. The Morgan fingerprint density at radius 3 is 2.32 bits per heavy atom. The van der Waals surface area contributed by atoms with Crippen LogP contribution in [0.1, 0.15) is 22.1 Å². The van der Waals surface area contributed by atoms with Crippen molar-refractivity contribution >= 4 is 27.5 Å². The Balaban J connectivity index is 2.48. The zero-order valence-corrected chi connectivity index (χ0v) is 13.2. The highest BCUT2D eigenvalue weighted by Crippen LogP contribution is 2.40. The van der Waals surface area contributed by atoms with Crippen LogP contribution in [0.4, 0.5) is 0 Å². The molecule has 0 bridgehead atoms. The number of benzene rings is 1. The third kappa shape index (κ3) is 2.74. The Hall–Kier alpha value is -1.13. The third-order valence-electron chi connectivity index (χ3n) is 2.96. The molecule has 1 aromatic heterocycles. The minimum absolute atomic E-state index is 0.312. The first-order valence-electron chi connectivity index (χ1n) is 5.68. The highest BCUT2D eigenvalue weighted by Gasteiger charge is 2.20. The van der Waals surface area contributed by atoms with Crippen molar-refractivity contribution < 1.29 is 13.9 Å². The van der Waals surface area contributed by atoms with Crippen molar-refractivity contribution in [3.63, 3.8) is 0 Å². The van der Waals surface area contributed by atoms with Gasteiger partial charge in [0.15, 0.2) is 16.2 Å². The molecule has 0 saturated carbocycles. The van der Waals surface area contributed by atoms with Crippen molar-refractivity contribution in [2.24, 2.45) is 0 Å². The Morgan fingerprint density at radius 2 is 1.79 bits per heavy atom. The Labute approximate surface area is 125 Å². The molecule has 0 aliphatic heterocycles. The van der Waals surface area contributed by atoms with Crippen LogP contribution in [0.15, 0.2) is 33.5 Å². The normalized spacial score (nSPS) is 12.3. The summed E-state index contributed by atoms with van der Waals surface area (Å²) in [4.78, 5) is 0. The number of hydrogen-bond donors (Lipinski definition) is 0. The highest BCUT2D eigenvalue weighted by atomic mass is 79.9. The summed E-state index contributed by atoms with van der Waals surface area (Å²) < 4.78 is 16.4.